The van der Waals surface area contributed by atoms with Crippen molar-refractivity contribution in [3.8, 4) is 21.8 Å². The Hall–Kier alpha value is -2.67. The average molecular weight is 345 g/mol. The van der Waals surface area contributed by atoms with Crippen molar-refractivity contribution < 1.29 is 13.2 Å². The van der Waals surface area contributed by atoms with Gasteiger partial charge in [0, 0.05) is 5.56 Å². The number of rotatable bonds is 2. The van der Waals surface area contributed by atoms with Crippen molar-refractivity contribution >= 4 is 17.0 Å². The predicted molar refractivity (Wildman–Crippen MR) is 86.7 cm³/mol. The SMILES string of the molecule is FC(F)(F)c1cccc(-c2cnc3ccc(-c4cccs4)nn23)c1. The molecule has 0 unspecified atom stereocenters. The largest absolute Gasteiger partial charge is 0.416 e. The molecule has 0 aliphatic rings. The Kier molecular flexibility index (Phi) is 3.38. The van der Waals surface area contributed by atoms with E-state index in [1.165, 1.54) is 12.3 Å². The standard InChI is InChI=1S/C17H10F3N3S/c18-17(19,20)12-4-1-3-11(9-12)14-10-21-16-7-6-13(22-23(14)16)15-5-2-8-24-15/h1-10H. The van der Waals surface area contributed by atoms with E-state index >= 15 is 0 Å². The fraction of sp³-hybridized carbons (Fsp3) is 0.0588. The van der Waals surface area contributed by atoms with Crippen LogP contribution in [0, 0.1) is 0 Å². The molecule has 3 aromatic heterocycles. The van der Waals surface area contributed by atoms with E-state index in [9.17, 15) is 13.2 Å². The molecule has 120 valence electrons. The van der Waals surface area contributed by atoms with Crippen LogP contribution in [-0.2, 0) is 6.18 Å². The molecule has 4 aromatic rings. The molecule has 3 nitrogen and oxygen atoms in total. The molecule has 0 aliphatic heterocycles. The Bertz CT molecular complexity index is 1000. The molecule has 0 saturated heterocycles. The lowest BCUT2D eigenvalue weighted by atomic mass is 10.1. The highest BCUT2D eigenvalue weighted by Crippen LogP contribution is 2.32. The smallest absolute Gasteiger partial charge is 0.235 e. The lowest BCUT2D eigenvalue weighted by Crippen LogP contribution is -2.05. The van der Waals surface area contributed by atoms with E-state index in [4.69, 9.17) is 0 Å². The number of fused-ring (bicyclic) bond motifs is 1. The second-order valence-corrected chi connectivity index (χ2v) is 6.14. The van der Waals surface area contributed by atoms with Crippen molar-refractivity contribution in [2.75, 3.05) is 0 Å². The summed E-state index contributed by atoms with van der Waals surface area (Å²) in [5, 5.41) is 6.48. The van der Waals surface area contributed by atoms with E-state index < -0.39 is 11.7 Å². The van der Waals surface area contributed by atoms with Crippen LogP contribution in [0.4, 0.5) is 13.2 Å². The summed E-state index contributed by atoms with van der Waals surface area (Å²) >= 11 is 1.55. The Morgan fingerprint density at radius 3 is 2.62 bits per heavy atom. The third kappa shape index (κ3) is 2.56. The van der Waals surface area contributed by atoms with E-state index in [2.05, 4.69) is 10.1 Å². The van der Waals surface area contributed by atoms with E-state index in [0.717, 1.165) is 22.7 Å². The molecule has 4 rings (SSSR count). The van der Waals surface area contributed by atoms with Gasteiger partial charge in [0.1, 0.15) is 5.69 Å². The first-order chi connectivity index (χ1) is 11.5. The molecule has 0 bridgehead atoms. The van der Waals surface area contributed by atoms with Crippen molar-refractivity contribution in [3.63, 3.8) is 0 Å². The van der Waals surface area contributed by atoms with Gasteiger partial charge in [0.15, 0.2) is 5.65 Å². The van der Waals surface area contributed by atoms with Gasteiger partial charge in [-0.1, -0.05) is 18.2 Å². The van der Waals surface area contributed by atoms with E-state index in [1.54, 1.807) is 28.0 Å². The first-order valence-electron chi connectivity index (χ1n) is 7.09. The van der Waals surface area contributed by atoms with Gasteiger partial charge in [0.25, 0.3) is 0 Å². The number of hydrogen-bond donors (Lipinski definition) is 0. The summed E-state index contributed by atoms with van der Waals surface area (Å²) in [6.07, 6.45) is -2.85. The highest BCUT2D eigenvalue weighted by Gasteiger charge is 2.30. The minimum absolute atomic E-state index is 0.424. The van der Waals surface area contributed by atoms with Gasteiger partial charge in [0.2, 0.25) is 0 Å². The zero-order chi connectivity index (χ0) is 16.7. The van der Waals surface area contributed by atoms with Crippen molar-refractivity contribution in [3.05, 3.63) is 65.7 Å². The van der Waals surface area contributed by atoms with Gasteiger partial charge >= 0.3 is 6.18 Å². The molecule has 24 heavy (non-hydrogen) atoms. The van der Waals surface area contributed by atoms with Crippen molar-refractivity contribution in [2.45, 2.75) is 6.18 Å². The molecule has 0 atom stereocenters. The molecular weight excluding hydrogens is 335 g/mol. The van der Waals surface area contributed by atoms with E-state index in [1.807, 2.05) is 23.6 Å². The molecule has 0 radical (unpaired) electrons. The van der Waals surface area contributed by atoms with Gasteiger partial charge in [-0.3, -0.25) is 0 Å². The van der Waals surface area contributed by atoms with Gasteiger partial charge in [-0.2, -0.15) is 18.3 Å². The summed E-state index contributed by atoms with van der Waals surface area (Å²) in [6.45, 7) is 0. The number of alkyl halides is 3. The number of halogens is 3. The first kappa shape index (κ1) is 14.9. The molecule has 7 heteroatoms. The second kappa shape index (κ2) is 5.45. The summed E-state index contributed by atoms with van der Waals surface area (Å²) in [4.78, 5) is 5.22. The Balaban J connectivity index is 1.87. The number of hydrogen-bond acceptors (Lipinski definition) is 3. The quantitative estimate of drug-likeness (QED) is 0.503. The highest BCUT2D eigenvalue weighted by atomic mass is 32.1. The molecule has 0 amide bonds. The number of aromatic nitrogens is 3. The van der Waals surface area contributed by atoms with Gasteiger partial charge < -0.3 is 0 Å². The number of imidazole rings is 1. The van der Waals surface area contributed by atoms with Gasteiger partial charge in [-0.15, -0.1) is 11.3 Å². The Labute approximate surface area is 139 Å². The molecule has 0 aliphatic carbocycles. The lowest BCUT2D eigenvalue weighted by molar-refractivity contribution is -0.137. The van der Waals surface area contributed by atoms with Crippen LogP contribution in [0.5, 0.6) is 0 Å². The van der Waals surface area contributed by atoms with Crippen LogP contribution >= 0.6 is 11.3 Å². The van der Waals surface area contributed by atoms with Crippen LogP contribution in [-0.4, -0.2) is 14.6 Å². The lowest BCUT2D eigenvalue weighted by Gasteiger charge is -2.08. The number of benzene rings is 1. The third-order valence-electron chi connectivity index (χ3n) is 3.62. The van der Waals surface area contributed by atoms with Gasteiger partial charge in [-0.05, 0) is 35.7 Å². The average Bonchev–Trinajstić information content (AvgIpc) is 3.23. The summed E-state index contributed by atoms with van der Waals surface area (Å²) in [5.74, 6) is 0. The third-order valence-corrected chi connectivity index (χ3v) is 4.51. The van der Waals surface area contributed by atoms with Gasteiger partial charge in [0.05, 0.1) is 22.3 Å². The van der Waals surface area contributed by atoms with Crippen LogP contribution in [0.1, 0.15) is 5.56 Å². The van der Waals surface area contributed by atoms with Crippen LogP contribution in [0.25, 0.3) is 27.5 Å². The molecule has 0 saturated carbocycles. The molecule has 0 fully saturated rings. The highest BCUT2D eigenvalue weighted by molar-refractivity contribution is 7.13. The molecule has 0 N–H and O–H groups in total. The second-order valence-electron chi connectivity index (χ2n) is 5.19. The molecular formula is C17H10F3N3S. The fourth-order valence-electron chi connectivity index (χ4n) is 2.48. The number of thiophene rings is 1. The minimum Gasteiger partial charge on any atom is -0.235 e. The molecule has 0 spiro atoms. The minimum atomic E-state index is -4.38. The van der Waals surface area contributed by atoms with Gasteiger partial charge in [-0.25, -0.2) is 9.50 Å². The Morgan fingerprint density at radius 2 is 1.88 bits per heavy atom. The maximum atomic E-state index is 12.9. The predicted octanol–water partition coefficient (Wildman–Crippen LogP) is 5.14. The zero-order valence-corrected chi connectivity index (χ0v) is 13.0. The first-order valence-corrected chi connectivity index (χ1v) is 7.97. The van der Waals surface area contributed by atoms with Crippen LogP contribution in [0.15, 0.2) is 60.1 Å². The van der Waals surface area contributed by atoms with Crippen LogP contribution in [0.2, 0.25) is 0 Å². The summed E-state index contributed by atoms with van der Waals surface area (Å²) < 4.78 is 40.4. The summed E-state index contributed by atoms with van der Waals surface area (Å²) in [5.41, 5.74) is 1.60. The van der Waals surface area contributed by atoms with E-state index in [0.29, 0.717) is 16.9 Å². The summed E-state index contributed by atoms with van der Waals surface area (Å²) in [7, 11) is 0. The van der Waals surface area contributed by atoms with Crippen LogP contribution in [0.3, 0.4) is 0 Å². The maximum Gasteiger partial charge on any atom is 0.416 e. The van der Waals surface area contributed by atoms with Crippen molar-refractivity contribution in [2.24, 2.45) is 0 Å². The summed E-state index contributed by atoms with van der Waals surface area (Å²) in [6, 6.07) is 12.7. The van der Waals surface area contributed by atoms with Crippen molar-refractivity contribution in [1.82, 2.24) is 14.6 Å². The van der Waals surface area contributed by atoms with E-state index in [-0.39, 0.29) is 0 Å². The Morgan fingerprint density at radius 1 is 1.00 bits per heavy atom. The molecule has 1 aromatic carbocycles. The fourth-order valence-corrected chi connectivity index (χ4v) is 3.17. The number of nitrogens with zero attached hydrogens (tertiary/aromatic N) is 3. The topological polar surface area (TPSA) is 30.2 Å². The maximum absolute atomic E-state index is 12.9. The molecule has 3 heterocycles. The van der Waals surface area contributed by atoms with Crippen molar-refractivity contribution in [1.29, 1.82) is 0 Å². The normalized spacial score (nSPS) is 12.0. The zero-order valence-electron chi connectivity index (χ0n) is 12.2. The monoisotopic (exact) mass is 345 g/mol. The van der Waals surface area contributed by atoms with Crippen LogP contribution < -0.4 is 0 Å².